The Labute approximate surface area is 119 Å². The maximum atomic E-state index is 13.7. The van der Waals surface area contributed by atoms with Gasteiger partial charge in [0.2, 0.25) is 5.89 Å². The first-order valence-electron chi connectivity index (χ1n) is 5.46. The minimum Gasteiger partial charge on any atom is -0.434 e. The highest BCUT2D eigenvalue weighted by Crippen LogP contribution is 2.33. The molecule has 7 heteroatoms. The molecule has 102 valence electrons. The van der Waals surface area contributed by atoms with Crippen LogP contribution in [0.25, 0.3) is 22.6 Å². The second-order valence-corrected chi connectivity index (χ2v) is 5.02. The lowest BCUT2D eigenvalue weighted by atomic mass is 10.2. The zero-order chi connectivity index (χ0) is 14.4. The molecule has 0 fully saturated rings. The molecule has 0 saturated heterocycles. The fraction of sp³-hybridized carbons (Fsp3) is 0. The minimum atomic E-state index is -1.09. The largest absolute Gasteiger partial charge is 0.434 e. The number of hydrogen-bond acceptors (Lipinski definition) is 3. The lowest BCUT2D eigenvalue weighted by Gasteiger charge is -2.00. The molecule has 3 aromatic rings. The summed E-state index contributed by atoms with van der Waals surface area (Å²) in [5, 5.41) is 0. The van der Waals surface area contributed by atoms with Gasteiger partial charge in [0.05, 0.1) is 5.69 Å². The molecule has 0 amide bonds. The molecule has 0 saturated carbocycles. The van der Waals surface area contributed by atoms with Gasteiger partial charge in [0, 0.05) is 16.6 Å². The second-order valence-electron chi connectivity index (χ2n) is 4.11. The van der Waals surface area contributed by atoms with Gasteiger partial charge >= 0.3 is 0 Å². The van der Waals surface area contributed by atoms with E-state index in [9.17, 15) is 13.2 Å². The normalized spacial score (nSPS) is 11.2. The smallest absolute Gasteiger partial charge is 0.233 e. The lowest BCUT2D eigenvalue weighted by Crippen LogP contribution is -1.92. The van der Waals surface area contributed by atoms with Crippen LogP contribution in [0.15, 0.2) is 33.2 Å². The molecule has 3 nitrogen and oxygen atoms in total. The Bertz CT molecular complexity index is 809. The summed E-state index contributed by atoms with van der Waals surface area (Å²) in [5.41, 5.74) is 6.04. The van der Waals surface area contributed by atoms with Crippen LogP contribution in [0.1, 0.15) is 0 Å². The number of nitrogens with two attached hydrogens (primary N) is 1. The van der Waals surface area contributed by atoms with E-state index in [4.69, 9.17) is 10.2 Å². The molecule has 0 unspecified atom stereocenters. The van der Waals surface area contributed by atoms with E-state index >= 15 is 0 Å². The molecular formula is C13H6BrF3N2O. The predicted molar refractivity (Wildman–Crippen MR) is 71.4 cm³/mol. The Balaban J connectivity index is 2.28. The van der Waals surface area contributed by atoms with Gasteiger partial charge in [-0.15, -0.1) is 0 Å². The fourth-order valence-corrected chi connectivity index (χ4v) is 2.34. The summed E-state index contributed by atoms with van der Waals surface area (Å²) >= 11 is 3.23. The average molecular weight is 343 g/mol. The van der Waals surface area contributed by atoms with E-state index in [0.29, 0.717) is 22.1 Å². The quantitative estimate of drug-likeness (QED) is 0.672. The van der Waals surface area contributed by atoms with Crippen molar-refractivity contribution in [1.29, 1.82) is 0 Å². The summed E-state index contributed by atoms with van der Waals surface area (Å²) in [6, 6.07) is 4.30. The molecule has 2 aromatic carbocycles. The van der Waals surface area contributed by atoms with Gasteiger partial charge in [0.1, 0.15) is 28.5 Å². The molecule has 0 aliphatic heterocycles. The van der Waals surface area contributed by atoms with E-state index in [-0.39, 0.29) is 17.2 Å². The first kappa shape index (κ1) is 13.0. The number of aromatic nitrogens is 1. The Hall–Kier alpha value is -2.02. The van der Waals surface area contributed by atoms with Crippen molar-refractivity contribution in [3.63, 3.8) is 0 Å². The number of fused-ring (bicyclic) bond motifs is 1. The van der Waals surface area contributed by atoms with E-state index in [1.807, 2.05) is 0 Å². The summed E-state index contributed by atoms with van der Waals surface area (Å²) in [4.78, 5) is 3.98. The van der Waals surface area contributed by atoms with Gasteiger partial charge in [0.25, 0.3) is 0 Å². The van der Waals surface area contributed by atoms with Crippen LogP contribution in [0, 0.1) is 17.5 Å². The Morgan fingerprint density at radius 2 is 1.70 bits per heavy atom. The maximum Gasteiger partial charge on any atom is 0.233 e. The first-order chi connectivity index (χ1) is 9.45. The van der Waals surface area contributed by atoms with E-state index in [0.717, 1.165) is 0 Å². The second kappa shape index (κ2) is 4.52. The number of oxazole rings is 1. The Morgan fingerprint density at radius 1 is 1.05 bits per heavy atom. The number of anilines is 1. The van der Waals surface area contributed by atoms with Crippen LogP contribution >= 0.6 is 15.9 Å². The number of nitrogens with zero attached hydrogens (tertiary/aromatic N) is 1. The average Bonchev–Trinajstić information content (AvgIpc) is 2.71. The van der Waals surface area contributed by atoms with Crippen molar-refractivity contribution in [3.8, 4) is 11.5 Å². The molecule has 2 N–H and O–H groups in total. The minimum absolute atomic E-state index is 0.214. The molecule has 3 rings (SSSR count). The highest BCUT2D eigenvalue weighted by molar-refractivity contribution is 9.10. The van der Waals surface area contributed by atoms with Crippen LogP contribution in [0.3, 0.4) is 0 Å². The number of nitrogen functional groups attached to an aromatic ring is 1. The monoisotopic (exact) mass is 342 g/mol. The third-order valence-corrected chi connectivity index (χ3v) is 3.16. The molecule has 0 radical (unpaired) electrons. The van der Waals surface area contributed by atoms with Crippen LogP contribution in [0.4, 0.5) is 18.9 Å². The molecule has 0 bridgehead atoms. The maximum absolute atomic E-state index is 13.7. The number of rotatable bonds is 1. The third kappa shape index (κ3) is 2.03. The highest BCUT2D eigenvalue weighted by Gasteiger charge is 2.20. The molecule has 1 heterocycles. The number of hydrogen-bond donors (Lipinski definition) is 1. The van der Waals surface area contributed by atoms with Gasteiger partial charge in [-0.3, -0.25) is 0 Å². The van der Waals surface area contributed by atoms with E-state index < -0.39 is 23.0 Å². The molecule has 20 heavy (non-hydrogen) atoms. The van der Waals surface area contributed by atoms with Crippen LogP contribution in [0.2, 0.25) is 0 Å². The molecule has 0 aliphatic rings. The molecule has 0 spiro atoms. The molecule has 0 aliphatic carbocycles. The van der Waals surface area contributed by atoms with Crippen molar-refractivity contribution in [2.75, 3.05) is 5.73 Å². The van der Waals surface area contributed by atoms with Crippen molar-refractivity contribution in [1.82, 2.24) is 4.98 Å². The van der Waals surface area contributed by atoms with Crippen molar-refractivity contribution >= 4 is 32.7 Å². The SMILES string of the molecule is Nc1cc(Br)cc2nc(-c3c(F)cc(F)cc3F)oc12. The van der Waals surface area contributed by atoms with Crippen LogP contribution in [-0.2, 0) is 0 Å². The summed E-state index contributed by atoms with van der Waals surface area (Å²) in [5.74, 6) is -3.49. The first-order valence-corrected chi connectivity index (χ1v) is 6.25. The standard InChI is InChI=1S/C13H6BrF3N2O/c14-5-1-9(18)12-10(2-5)19-13(20-12)11-7(16)3-6(15)4-8(11)17/h1-4H,18H2. The third-order valence-electron chi connectivity index (χ3n) is 2.70. The van der Waals surface area contributed by atoms with Crippen LogP contribution in [-0.4, -0.2) is 4.98 Å². The Morgan fingerprint density at radius 3 is 2.35 bits per heavy atom. The van der Waals surface area contributed by atoms with Gasteiger partial charge in [-0.05, 0) is 12.1 Å². The zero-order valence-corrected chi connectivity index (χ0v) is 11.3. The highest BCUT2D eigenvalue weighted by atomic mass is 79.9. The van der Waals surface area contributed by atoms with E-state index in [1.165, 1.54) is 0 Å². The van der Waals surface area contributed by atoms with Gasteiger partial charge < -0.3 is 10.2 Å². The molecule has 0 atom stereocenters. The van der Waals surface area contributed by atoms with Gasteiger partial charge in [0.15, 0.2) is 5.58 Å². The van der Waals surface area contributed by atoms with Gasteiger partial charge in [-0.25, -0.2) is 18.2 Å². The van der Waals surface area contributed by atoms with Crippen LogP contribution in [0.5, 0.6) is 0 Å². The molecule has 1 aromatic heterocycles. The summed E-state index contributed by atoms with van der Waals surface area (Å²) < 4.78 is 46.2. The van der Waals surface area contributed by atoms with Gasteiger partial charge in [-0.1, -0.05) is 15.9 Å². The van der Waals surface area contributed by atoms with Crippen molar-refractivity contribution < 1.29 is 17.6 Å². The molecular weight excluding hydrogens is 337 g/mol. The number of benzene rings is 2. The van der Waals surface area contributed by atoms with Crippen molar-refractivity contribution in [2.24, 2.45) is 0 Å². The lowest BCUT2D eigenvalue weighted by molar-refractivity contribution is 0.534. The topological polar surface area (TPSA) is 52.0 Å². The zero-order valence-electron chi connectivity index (χ0n) is 9.75. The summed E-state index contributed by atoms with van der Waals surface area (Å²) in [6.45, 7) is 0. The summed E-state index contributed by atoms with van der Waals surface area (Å²) in [7, 11) is 0. The van der Waals surface area contributed by atoms with Crippen LogP contribution < -0.4 is 5.73 Å². The predicted octanol–water partition coefficient (Wildman–Crippen LogP) is 4.26. The summed E-state index contributed by atoms with van der Waals surface area (Å²) in [6.07, 6.45) is 0. The van der Waals surface area contributed by atoms with Gasteiger partial charge in [-0.2, -0.15) is 0 Å². The van der Waals surface area contributed by atoms with E-state index in [2.05, 4.69) is 20.9 Å². The Kier molecular flexibility index (Phi) is 2.93. The van der Waals surface area contributed by atoms with Crippen molar-refractivity contribution in [3.05, 3.63) is 46.2 Å². The fourth-order valence-electron chi connectivity index (χ4n) is 1.88. The van der Waals surface area contributed by atoms with Crippen molar-refractivity contribution in [2.45, 2.75) is 0 Å². The van der Waals surface area contributed by atoms with E-state index in [1.54, 1.807) is 12.1 Å². The number of halogens is 4.